The van der Waals surface area contributed by atoms with Crippen LogP contribution in [0.25, 0.3) is 0 Å². The lowest BCUT2D eigenvalue weighted by Crippen LogP contribution is -1.96. The highest BCUT2D eigenvalue weighted by atomic mass is 32.2. The summed E-state index contributed by atoms with van der Waals surface area (Å²) in [6.45, 7) is 5.24. The number of Topliss-reactive ketones (excluding diaryl/α,β-unsaturated/α-hetero) is 1. The summed E-state index contributed by atoms with van der Waals surface area (Å²) >= 11 is 1.40. The second kappa shape index (κ2) is 10.5. The van der Waals surface area contributed by atoms with Crippen molar-refractivity contribution in [2.45, 2.75) is 52.9 Å². The number of hydrogen-bond acceptors (Lipinski definition) is 3. The van der Waals surface area contributed by atoms with Crippen LogP contribution in [0.2, 0.25) is 0 Å². The Labute approximate surface area is 109 Å². The smallest absolute Gasteiger partial charge is 0.169 e. The highest BCUT2D eigenvalue weighted by Crippen LogP contribution is 2.19. The molecule has 0 saturated heterocycles. The molecule has 0 amide bonds. The Morgan fingerprint density at radius 3 is 2.41 bits per heavy atom. The summed E-state index contributed by atoms with van der Waals surface area (Å²) in [5.41, 5.74) is 0. The Morgan fingerprint density at radius 2 is 1.88 bits per heavy atom. The van der Waals surface area contributed by atoms with Crippen LogP contribution in [0.5, 0.6) is 0 Å². The summed E-state index contributed by atoms with van der Waals surface area (Å²) in [6, 6.07) is 0. The van der Waals surface area contributed by atoms with E-state index in [9.17, 15) is 9.90 Å². The number of carbonyl (C=O) groups is 1. The van der Waals surface area contributed by atoms with Crippen LogP contribution < -0.4 is 0 Å². The van der Waals surface area contributed by atoms with E-state index < -0.39 is 0 Å². The van der Waals surface area contributed by atoms with Crippen LogP contribution in [-0.4, -0.2) is 16.6 Å². The summed E-state index contributed by atoms with van der Waals surface area (Å²) in [6.07, 6.45) is 10.4. The maximum Gasteiger partial charge on any atom is 0.169 e. The van der Waals surface area contributed by atoms with E-state index in [0.717, 1.165) is 12.2 Å². The molecule has 0 aromatic heterocycles. The lowest BCUT2D eigenvalue weighted by Gasteiger charge is -2.01. The number of carbonyl (C=O) groups excluding carboxylic acids is 1. The van der Waals surface area contributed by atoms with Crippen molar-refractivity contribution in [3.8, 4) is 0 Å². The van der Waals surface area contributed by atoms with E-state index in [2.05, 4.69) is 19.1 Å². The molecule has 0 bridgehead atoms. The fourth-order valence-corrected chi connectivity index (χ4v) is 2.28. The number of thioether (sulfide) groups is 1. The number of allylic oxidation sites excluding steroid dienone is 3. The summed E-state index contributed by atoms with van der Waals surface area (Å²) in [5.74, 6) is 0.811. The molecule has 0 rings (SSSR count). The zero-order valence-corrected chi connectivity index (χ0v) is 12.0. The molecular formula is C14H24O2S. The predicted octanol–water partition coefficient (Wildman–Crippen LogP) is 4.62. The zero-order chi connectivity index (χ0) is 13.1. The van der Waals surface area contributed by atoms with Crippen LogP contribution in [0.4, 0.5) is 0 Å². The van der Waals surface area contributed by atoms with Gasteiger partial charge in [-0.3, -0.25) is 4.79 Å². The standard InChI is InChI=1S/C14H24O2S/c1-4-5-6-7-8-9-10-11-17-14(12(2)15)13(3)16/h9-10,15H,4-8,11H2,1-3H3/b10-9+,14-12+. The molecule has 3 heteroatoms. The third kappa shape index (κ3) is 9.04. The van der Waals surface area contributed by atoms with Crippen LogP contribution in [0.3, 0.4) is 0 Å². The molecule has 0 spiro atoms. The van der Waals surface area contributed by atoms with E-state index in [4.69, 9.17) is 0 Å². The molecule has 0 fully saturated rings. The van der Waals surface area contributed by atoms with Gasteiger partial charge < -0.3 is 5.11 Å². The van der Waals surface area contributed by atoms with E-state index in [1.807, 2.05) is 0 Å². The maximum absolute atomic E-state index is 11.2. The van der Waals surface area contributed by atoms with Crippen molar-refractivity contribution in [3.05, 3.63) is 22.8 Å². The van der Waals surface area contributed by atoms with Crippen LogP contribution >= 0.6 is 11.8 Å². The van der Waals surface area contributed by atoms with E-state index in [1.165, 1.54) is 44.4 Å². The van der Waals surface area contributed by atoms with Crippen LogP contribution in [0.1, 0.15) is 52.9 Å². The molecular weight excluding hydrogens is 232 g/mol. The highest BCUT2D eigenvalue weighted by Gasteiger charge is 2.06. The van der Waals surface area contributed by atoms with Gasteiger partial charge in [0.15, 0.2) is 5.78 Å². The van der Waals surface area contributed by atoms with Crippen molar-refractivity contribution in [3.63, 3.8) is 0 Å². The van der Waals surface area contributed by atoms with Crippen molar-refractivity contribution in [2.75, 3.05) is 5.75 Å². The van der Waals surface area contributed by atoms with Gasteiger partial charge in [-0.2, -0.15) is 0 Å². The van der Waals surface area contributed by atoms with Gasteiger partial charge in [0.1, 0.15) is 5.76 Å². The molecule has 0 atom stereocenters. The third-order valence-corrected chi connectivity index (χ3v) is 3.59. The van der Waals surface area contributed by atoms with Gasteiger partial charge in [0, 0.05) is 5.75 Å². The van der Waals surface area contributed by atoms with Gasteiger partial charge in [0.25, 0.3) is 0 Å². The van der Waals surface area contributed by atoms with Gasteiger partial charge in [0.2, 0.25) is 0 Å². The van der Waals surface area contributed by atoms with Crippen molar-refractivity contribution in [1.29, 1.82) is 0 Å². The monoisotopic (exact) mass is 256 g/mol. The van der Waals surface area contributed by atoms with Crippen LogP contribution in [0, 0.1) is 0 Å². The SMILES string of the molecule is CCCCCC/C=C/CS/C(C(C)=O)=C(\C)O. The van der Waals surface area contributed by atoms with Gasteiger partial charge in [-0.25, -0.2) is 0 Å². The van der Waals surface area contributed by atoms with E-state index in [-0.39, 0.29) is 11.5 Å². The fraction of sp³-hybridized carbons (Fsp3) is 0.643. The Morgan fingerprint density at radius 1 is 1.18 bits per heavy atom. The molecule has 98 valence electrons. The van der Waals surface area contributed by atoms with Gasteiger partial charge in [0.05, 0.1) is 4.91 Å². The average molecular weight is 256 g/mol. The van der Waals surface area contributed by atoms with Crippen molar-refractivity contribution < 1.29 is 9.90 Å². The van der Waals surface area contributed by atoms with Gasteiger partial charge in [-0.05, 0) is 26.7 Å². The number of hydrogen-bond donors (Lipinski definition) is 1. The first-order chi connectivity index (χ1) is 8.09. The zero-order valence-electron chi connectivity index (χ0n) is 11.2. The summed E-state index contributed by atoms with van der Waals surface area (Å²) < 4.78 is 0. The van der Waals surface area contributed by atoms with E-state index in [0.29, 0.717) is 4.91 Å². The lowest BCUT2D eigenvalue weighted by atomic mass is 10.1. The van der Waals surface area contributed by atoms with E-state index in [1.54, 1.807) is 6.92 Å². The normalized spacial score (nSPS) is 12.9. The molecule has 0 aromatic carbocycles. The molecule has 17 heavy (non-hydrogen) atoms. The number of unbranched alkanes of at least 4 members (excludes halogenated alkanes) is 4. The molecule has 0 aliphatic carbocycles. The van der Waals surface area contributed by atoms with Crippen molar-refractivity contribution >= 4 is 17.5 Å². The Bertz CT molecular complexity index is 276. The second-order valence-corrected chi connectivity index (χ2v) is 5.13. The minimum absolute atomic E-state index is 0.0636. The molecule has 1 N–H and O–H groups in total. The first-order valence-corrected chi connectivity index (χ1v) is 7.26. The predicted molar refractivity (Wildman–Crippen MR) is 76.4 cm³/mol. The third-order valence-electron chi connectivity index (χ3n) is 2.36. The van der Waals surface area contributed by atoms with Crippen LogP contribution in [0.15, 0.2) is 22.8 Å². The number of aliphatic hydroxyl groups excluding tert-OH is 1. The minimum atomic E-state index is -0.0636. The Balaban J connectivity index is 3.72. The first kappa shape index (κ1) is 16.3. The maximum atomic E-state index is 11.2. The van der Waals surface area contributed by atoms with Gasteiger partial charge in [-0.15, -0.1) is 11.8 Å². The van der Waals surface area contributed by atoms with Crippen LogP contribution in [-0.2, 0) is 4.79 Å². The van der Waals surface area contributed by atoms with E-state index >= 15 is 0 Å². The summed E-state index contributed by atoms with van der Waals surface area (Å²) in [5, 5.41) is 9.30. The molecule has 0 aliphatic rings. The molecule has 0 radical (unpaired) electrons. The Hall–Kier alpha value is -0.700. The lowest BCUT2D eigenvalue weighted by molar-refractivity contribution is -0.113. The van der Waals surface area contributed by atoms with Crippen molar-refractivity contribution in [2.24, 2.45) is 0 Å². The Kier molecular flexibility index (Phi) is 10.0. The highest BCUT2D eigenvalue weighted by molar-refractivity contribution is 8.04. The fourth-order valence-electron chi connectivity index (χ4n) is 1.47. The quantitative estimate of drug-likeness (QED) is 0.283. The molecule has 0 aromatic rings. The topological polar surface area (TPSA) is 37.3 Å². The second-order valence-electron chi connectivity index (χ2n) is 4.10. The van der Waals surface area contributed by atoms with Gasteiger partial charge >= 0.3 is 0 Å². The molecule has 2 nitrogen and oxygen atoms in total. The average Bonchev–Trinajstić information content (AvgIpc) is 2.26. The number of aliphatic hydroxyl groups is 1. The molecule has 0 unspecified atom stereocenters. The summed E-state index contributed by atoms with van der Waals surface area (Å²) in [7, 11) is 0. The largest absolute Gasteiger partial charge is 0.511 e. The molecule has 0 heterocycles. The first-order valence-electron chi connectivity index (χ1n) is 6.28. The summed E-state index contributed by atoms with van der Waals surface area (Å²) in [4.78, 5) is 11.6. The van der Waals surface area contributed by atoms with Crippen molar-refractivity contribution in [1.82, 2.24) is 0 Å². The molecule has 0 aliphatic heterocycles. The van der Waals surface area contributed by atoms with Gasteiger partial charge in [-0.1, -0.05) is 38.3 Å². The minimum Gasteiger partial charge on any atom is -0.511 e. The molecule has 0 saturated carbocycles. The number of ketones is 1. The number of rotatable bonds is 9.